The van der Waals surface area contributed by atoms with E-state index in [2.05, 4.69) is 0 Å². The van der Waals surface area contributed by atoms with Crippen LogP contribution in [0.2, 0.25) is 5.02 Å². The highest BCUT2D eigenvalue weighted by Crippen LogP contribution is 2.22. The molecule has 1 aromatic rings. The highest BCUT2D eigenvalue weighted by molar-refractivity contribution is 6.31. The van der Waals surface area contributed by atoms with Crippen molar-refractivity contribution in [2.24, 2.45) is 13.0 Å². The number of rotatable bonds is 2. The minimum atomic E-state index is -0.110. The van der Waals surface area contributed by atoms with Crippen molar-refractivity contribution in [2.45, 2.75) is 12.8 Å². The number of halogens is 1. The second-order valence-electron chi connectivity index (χ2n) is 6.18. The van der Waals surface area contributed by atoms with Crippen LogP contribution in [-0.2, 0) is 16.6 Å². The van der Waals surface area contributed by atoms with Crippen LogP contribution in [0.3, 0.4) is 0 Å². The molecule has 1 aromatic heterocycles. The molecule has 6 nitrogen and oxygen atoms in total. The van der Waals surface area contributed by atoms with Gasteiger partial charge in [-0.1, -0.05) is 11.6 Å². The third-order valence-electron chi connectivity index (χ3n) is 4.57. The van der Waals surface area contributed by atoms with Crippen LogP contribution in [0.15, 0.2) is 12.3 Å². The Labute approximate surface area is 140 Å². The molecule has 0 bridgehead atoms. The van der Waals surface area contributed by atoms with E-state index in [1.807, 2.05) is 4.90 Å². The van der Waals surface area contributed by atoms with Gasteiger partial charge in [0.15, 0.2) is 0 Å². The van der Waals surface area contributed by atoms with Gasteiger partial charge in [-0.15, -0.1) is 0 Å². The first-order valence-electron chi connectivity index (χ1n) is 8.04. The lowest BCUT2D eigenvalue weighted by Gasteiger charge is -2.36. The molecule has 2 saturated heterocycles. The van der Waals surface area contributed by atoms with Crippen LogP contribution in [0.4, 0.5) is 0 Å². The number of aromatic nitrogens is 1. The van der Waals surface area contributed by atoms with Crippen LogP contribution < -0.4 is 0 Å². The molecule has 2 amide bonds. The molecular formula is C16H22ClN3O3. The van der Waals surface area contributed by atoms with Gasteiger partial charge in [0.2, 0.25) is 5.91 Å². The van der Waals surface area contributed by atoms with Gasteiger partial charge in [0.05, 0.1) is 24.2 Å². The van der Waals surface area contributed by atoms with E-state index in [1.54, 1.807) is 28.8 Å². The molecule has 126 valence electrons. The van der Waals surface area contributed by atoms with Crippen molar-refractivity contribution in [3.63, 3.8) is 0 Å². The van der Waals surface area contributed by atoms with Crippen LogP contribution in [0.25, 0.3) is 0 Å². The van der Waals surface area contributed by atoms with E-state index in [0.29, 0.717) is 50.1 Å². The molecule has 3 rings (SSSR count). The molecule has 0 N–H and O–H groups in total. The SMILES string of the molecule is Cn1cc(Cl)cc1C(=O)N1CCC[C@H](C(=O)N2CCOCC2)C1. The Hall–Kier alpha value is -1.53. The van der Waals surface area contributed by atoms with E-state index >= 15 is 0 Å². The summed E-state index contributed by atoms with van der Waals surface area (Å²) in [5, 5.41) is 0.550. The van der Waals surface area contributed by atoms with E-state index in [4.69, 9.17) is 16.3 Å². The summed E-state index contributed by atoms with van der Waals surface area (Å²) in [5.74, 6) is -0.0175. The zero-order chi connectivity index (χ0) is 16.4. The zero-order valence-corrected chi connectivity index (χ0v) is 14.1. The van der Waals surface area contributed by atoms with Crippen molar-refractivity contribution in [3.05, 3.63) is 23.0 Å². The van der Waals surface area contributed by atoms with Gasteiger partial charge in [-0.25, -0.2) is 0 Å². The molecule has 2 aliphatic rings. The van der Waals surface area contributed by atoms with Crippen molar-refractivity contribution in [1.29, 1.82) is 0 Å². The van der Waals surface area contributed by atoms with Gasteiger partial charge in [-0.05, 0) is 18.9 Å². The molecular weight excluding hydrogens is 318 g/mol. The lowest BCUT2D eigenvalue weighted by molar-refractivity contribution is -0.141. The number of morpholine rings is 1. The number of hydrogen-bond acceptors (Lipinski definition) is 3. The standard InChI is InChI=1S/C16H22ClN3O3/c1-18-11-13(17)9-14(18)16(22)20-4-2-3-12(10-20)15(21)19-5-7-23-8-6-19/h9,11-12H,2-8,10H2,1H3/t12-/m0/s1. The first kappa shape index (κ1) is 16.3. The summed E-state index contributed by atoms with van der Waals surface area (Å²) < 4.78 is 7.03. The maximum absolute atomic E-state index is 12.7. The summed E-state index contributed by atoms with van der Waals surface area (Å²) in [4.78, 5) is 29.0. The lowest BCUT2D eigenvalue weighted by Crippen LogP contribution is -2.49. The van der Waals surface area contributed by atoms with Crippen LogP contribution in [-0.4, -0.2) is 65.6 Å². The van der Waals surface area contributed by atoms with Crippen molar-refractivity contribution in [1.82, 2.24) is 14.4 Å². The molecule has 0 spiro atoms. The summed E-state index contributed by atoms with van der Waals surface area (Å²) in [6.45, 7) is 3.67. The van der Waals surface area contributed by atoms with Gasteiger partial charge in [0, 0.05) is 39.4 Å². The molecule has 23 heavy (non-hydrogen) atoms. The highest BCUT2D eigenvalue weighted by Gasteiger charge is 2.32. The molecule has 2 aliphatic heterocycles. The predicted molar refractivity (Wildman–Crippen MR) is 86.4 cm³/mol. The Bertz CT molecular complexity index is 595. The number of piperidine rings is 1. The van der Waals surface area contributed by atoms with E-state index in [-0.39, 0.29) is 17.7 Å². The number of hydrogen-bond donors (Lipinski definition) is 0. The Morgan fingerprint density at radius 2 is 1.96 bits per heavy atom. The minimum Gasteiger partial charge on any atom is -0.378 e. The highest BCUT2D eigenvalue weighted by atomic mass is 35.5. The van der Waals surface area contributed by atoms with Crippen LogP contribution in [0.5, 0.6) is 0 Å². The molecule has 0 saturated carbocycles. The minimum absolute atomic E-state index is 0.0566. The van der Waals surface area contributed by atoms with E-state index in [1.165, 1.54) is 0 Å². The third-order valence-corrected chi connectivity index (χ3v) is 4.78. The number of amides is 2. The summed E-state index contributed by atoms with van der Waals surface area (Å²) >= 11 is 5.97. The second-order valence-corrected chi connectivity index (χ2v) is 6.62. The van der Waals surface area contributed by atoms with E-state index in [0.717, 1.165) is 12.8 Å². The Kier molecular flexibility index (Phi) is 4.92. The molecule has 0 aliphatic carbocycles. The van der Waals surface area contributed by atoms with Crippen molar-refractivity contribution in [2.75, 3.05) is 39.4 Å². The molecule has 2 fully saturated rings. The summed E-state index contributed by atoms with van der Waals surface area (Å²) in [6.07, 6.45) is 3.41. The van der Waals surface area contributed by atoms with Crippen LogP contribution >= 0.6 is 11.6 Å². The van der Waals surface area contributed by atoms with Gasteiger partial charge in [-0.2, -0.15) is 0 Å². The van der Waals surface area contributed by atoms with Crippen LogP contribution in [0.1, 0.15) is 23.3 Å². The number of ether oxygens (including phenoxy) is 1. The quantitative estimate of drug-likeness (QED) is 0.818. The van der Waals surface area contributed by atoms with E-state index in [9.17, 15) is 9.59 Å². The van der Waals surface area contributed by atoms with Crippen molar-refractivity contribution in [3.8, 4) is 0 Å². The fourth-order valence-electron chi connectivity index (χ4n) is 3.30. The molecule has 0 radical (unpaired) electrons. The third kappa shape index (κ3) is 3.53. The van der Waals surface area contributed by atoms with Crippen molar-refractivity contribution >= 4 is 23.4 Å². The van der Waals surface area contributed by atoms with Gasteiger partial charge in [-0.3, -0.25) is 9.59 Å². The number of likely N-dealkylation sites (tertiary alicyclic amines) is 1. The average Bonchev–Trinajstić information content (AvgIpc) is 2.93. The largest absolute Gasteiger partial charge is 0.378 e. The second kappa shape index (κ2) is 6.93. The predicted octanol–water partition coefficient (Wildman–Crippen LogP) is 1.39. The fourth-order valence-corrected chi connectivity index (χ4v) is 3.55. The molecule has 0 aromatic carbocycles. The normalized spacial score (nSPS) is 22.3. The number of carbonyl (C=O) groups is 2. The Morgan fingerprint density at radius 1 is 1.22 bits per heavy atom. The first-order chi connectivity index (χ1) is 11.1. The maximum Gasteiger partial charge on any atom is 0.270 e. The molecule has 3 heterocycles. The lowest BCUT2D eigenvalue weighted by atomic mass is 9.96. The van der Waals surface area contributed by atoms with Gasteiger partial charge < -0.3 is 19.1 Å². The van der Waals surface area contributed by atoms with Gasteiger partial charge in [0.25, 0.3) is 5.91 Å². The first-order valence-corrected chi connectivity index (χ1v) is 8.41. The van der Waals surface area contributed by atoms with Gasteiger partial charge in [0.1, 0.15) is 5.69 Å². The smallest absolute Gasteiger partial charge is 0.270 e. The topological polar surface area (TPSA) is 54.8 Å². The molecule has 1 atom stereocenters. The Morgan fingerprint density at radius 3 is 2.61 bits per heavy atom. The van der Waals surface area contributed by atoms with Crippen LogP contribution in [0, 0.1) is 5.92 Å². The molecule has 0 unspecified atom stereocenters. The Balaban J connectivity index is 1.66. The number of aryl methyl sites for hydroxylation is 1. The van der Waals surface area contributed by atoms with Crippen molar-refractivity contribution < 1.29 is 14.3 Å². The van der Waals surface area contributed by atoms with E-state index < -0.39 is 0 Å². The zero-order valence-electron chi connectivity index (χ0n) is 13.3. The summed E-state index contributed by atoms with van der Waals surface area (Å²) in [7, 11) is 1.80. The van der Waals surface area contributed by atoms with Gasteiger partial charge >= 0.3 is 0 Å². The number of nitrogens with zero attached hydrogens (tertiary/aromatic N) is 3. The molecule has 7 heteroatoms. The summed E-state index contributed by atoms with van der Waals surface area (Å²) in [6, 6.07) is 1.68. The average molecular weight is 340 g/mol. The number of carbonyl (C=O) groups excluding carboxylic acids is 2. The summed E-state index contributed by atoms with van der Waals surface area (Å²) in [5.41, 5.74) is 0.564. The maximum atomic E-state index is 12.7. The monoisotopic (exact) mass is 339 g/mol. The fraction of sp³-hybridized carbons (Fsp3) is 0.625.